The van der Waals surface area contributed by atoms with Gasteiger partial charge in [0.05, 0.1) is 0 Å². The zero-order chi connectivity index (χ0) is 19.7. The summed E-state index contributed by atoms with van der Waals surface area (Å²) >= 11 is 0. The number of nitrogens with two attached hydrogens (primary N) is 4. The highest BCUT2D eigenvalue weighted by Gasteiger charge is 2.23. The molecular formula is C22H50N4. The average molecular weight is 371 g/mol. The van der Waals surface area contributed by atoms with Crippen LogP contribution in [0.4, 0.5) is 0 Å². The summed E-state index contributed by atoms with van der Waals surface area (Å²) in [6.07, 6.45) is 18.0. The molecule has 8 N–H and O–H groups in total. The first-order chi connectivity index (χ1) is 12.5. The highest BCUT2D eigenvalue weighted by atomic mass is 14.7. The quantitative estimate of drug-likeness (QED) is 0.252. The lowest BCUT2D eigenvalue weighted by Gasteiger charge is -2.30. The molecule has 0 aliphatic heterocycles. The average Bonchev–Trinajstić information content (AvgIpc) is 2.64. The summed E-state index contributed by atoms with van der Waals surface area (Å²) in [5, 5.41) is 0. The van der Waals surface area contributed by atoms with Gasteiger partial charge in [-0.1, -0.05) is 65.2 Å². The van der Waals surface area contributed by atoms with E-state index in [4.69, 9.17) is 22.9 Å². The highest BCUT2D eigenvalue weighted by molar-refractivity contribution is 4.83. The Morgan fingerprint density at radius 1 is 0.692 bits per heavy atom. The summed E-state index contributed by atoms with van der Waals surface area (Å²) in [5.74, 6) is 0.665. The van der Waals surface area contributed by atoms with E-state index in [1.807, 2.05) is 0 Å². The molecule has 0 aromatic rings. The normalized spacial score (nSPS) is 16.4. The monoisotopic (exact) mass is 370 g/mol. The Labute approximate surface area is 164 Å². The molecule has 0 saturated carbocycles. The molecule has 0 aliphatic carbocycles. The van der Waals surface area contributed by atoms with Gasteiger partial charge < -0.3 is 22.9 Å². The summed E-state index contributed by atoms with van der Waals surface area (Å²) in [4.78, 5) is 0. The molecule has 0 bridgehead atoms. The first-order valence-corrected chi connectivity index (χ1v) is 11.5. The van der Waals surface area contributed by atoms with Crippen molar-refractivity contribution < 1.29 is 0 Å². The molecule has 0 heterocycles. The minimum atomic E-state index is 0.00632. The molecule has 0 aromatic heterocycles. The van der Waals surface area contributed by atoms with E-state index in [2.05, 4.69) is 13.8 Å². The Hall–Kier alpha value is -0.160. The number of rotatable bonds is 19. The van der Waals surface area contributed by atoms with Gasteiger partial charge in [0.15, 0.2) is 0 Å². The Morgan fingerprint density at radius 2 is 1.23 bits per heavy atom. The molecule has 0 radical (unpaired) electrons. The maximum absolute atomic E-state index is 6.66. The van der Waals surface area contributed by atoms with Crippen molar-refractivity contribution in [1.82, 2.24) is 0 Å². The van der Waals surface area contributed by atoms with Gasteiger partial charge in [-0.15, -0.1) is 0 Å². The van der Waals surface area contributed by atoms with Gasteiger partial charge in [-0.05, 0) is 64.0 Å². The van der Waals surface area contributed by atoms with Crippen LogP contribution in [0, 0.1) is 5.92 Å². The van der Waals surface area contributed by atoms with E-state index >= 15 is 0 Å². The molecule has 4 nitrogen and oxygen atoms in total. The van der Waals surface area contributed by atoms with Crippen molar-refractivity contribution in [3.05, 3.63) is 0 Å². The molecule has 0 saturated heterocycles. The second kappa shape index (κ2) is 17.0. The Bertz CT molecular complexity index is 298. The van der Waals surface area contributed by atoms with Crippen LogP contribution in [0.15, 0.2) is 0 Å². The maximum atomic E-state index is 6.66. The van der Waals surface area contributed by atoms with Crippen LogP contribution >= 0.6 is 0 Å². The fourth-order valence-corrected chi connectivity index (χ4v) is 4.00. The number of unbranched alkanes of at least 4 members (excludes halogenated alkanes) is 6. The smallest absolute Gasteiger partial charge is 0.0151 e. The second-order valence-corrected chi connectivity index (χ2v) is 8.38. The van der Waals surface area contributed by atoms with Gasteiger partial charge in [0.1, 0.15) is 0 Å². The first-order valence-electron chi connectivity index (χ1n) is 11.5. The van der Waals surface area contributed by atoms with E-state index in [1.54, 1.807) is 0 Å². The van der Waals surface area contributed by atoms with E-state index in [-0.39, 0.29) is 5.54 Å². The summed E-state index contributed by atoms with van der Waals surface area (Å²) < 4.78 is 0. The molecule has 3 atom stereocenters. The summed E-state index contributed by atoms with van der Waals surface area (Å²) in [7, 11) is 0. The molecule has 4 heteroatoms. The highest BCUT2D eigenvalue weighted by Crippen LogP contribution is 2.25. The van der Waals surface area contributed by atoms with Gasteiger partial charge in [0.25, 0.3) is 0 Å². The third-order valence-corrected chi connectivity index (χ3v) is 6.20. The van der Waals surface area contributed by atoms with Crippen LogP contribution in [0.25, 0.3) is 0 Å². The van der Waals surface area contributed by atoms with Crippen LogP contribution in [0.5, 0.6) is 0 Å². The largest absolute Gasteiger partial charge is 0.330 e. The number of hydrogen-bond acceptors (Lipinski definition) is 4. The van der Waals surface area contributed by atoms with Crippen LogP contribution in [-0.4, -0.2) is 24.7 Å². The molecule has 0 fully saturated rings. The predicted octanol–water partition coefficient (Wildman–Crippen LogP) is 4.44. The van der Waals surface area contributed by atoms with Crippen LogP contribution in [-0.2, 0) is 0 Å². The standard InChI is InChI=1S/C22H50N4/c1-3-20(14-9-5-7-11-18-23)21(25)15-13-17-22(26,4-2)16-10-6-8-12-19-24/h20-21H,3-19,23-26H2,1-2H3. The molecule has 26 heavy (non-hydrogen) atoms. The van der Waals surface area contributed by atoms with E-state index in [0.717, 1.165) is 58.0 Å². The van der Waals surface area contributed by atoms with Gasteiger partial charge in [-0.2, -0.15) is 0 Å². The topological polar surface area (TPSA) is 104 Å². The van der Waals surface area contributed by atoms with Crippen molar-refractivity contribution >= 4 is 0 Å². The lowest BCUT2D eigenvalue weighted by molar-refractivity contribution is 0.299. The third kappa shape index (κ3) is 13.1. The van der Waals surface area contributed by atoms with E-state index in [0.29, 0.717) is 12.0 Å². The summed E-state index contributed by atoms with van der Waals surface area (Å²) in [6, 6.07) is 0.333. The SMILES string of the molecule is CCC(CCCCCCN)C(N)CCCC(N)(CC)CCCCCCN. The zero-order valence-corrected chi connectivity index (χ0v) is 18.0. The molecule has 0 rings (SSSR count). The number of hydrogen-bond donors (Lipinski definition) is 4. The minimum Gasteiger partial charge on any atom is -0.330 e. The van der Waals surface area contributed by atoms with Crippen molar-refractivity contribution in [2.45, 2.75) is 122 Å². The van der Waals surface area contributed by atoms with E-state index in [9.17, 15) is 0 Å². The Morgan fingerprint density at radius 3 is 1.77 bits per heavy atom. The Balaban J connectivity index is 4.02. The van der Waals surface area contributed by atoms with E-state index in [1.165, 1.54) is 51.4 Å². The third-order valence-electron chi connectivity index (χ3n) is 6.20. The molecular weight excluding hydrogens is 320 g/mol. The van der Waals surface area contributed by atoms with Gasteiger partial charge in [-0.3, -0.25) is 0 Å². The van der Waals surface area contributed by atoms with Gasteiger partial charge in [-0.25, -0.2) is 0 Å². The summed E-state index contributed by atoms with van der Waals surface area (Å²) in [5.41, 5.74) is 24.3. The summed E-state index contributed by atoms with van der Waals surface area (Å²) in [6.45, 7) is 6.15. The fourth-order valence-electron chi connectivity index (χ4n) is 4.00. The minimum absolute atomic E-state index is 0.00632. The second-order valence-electron chi connectivity index (χ2n) is 8.38. The van der Waals surface area contributed by atoms with Crippen molar-refractivity contribution in [3.63, 3.8) is 0 Å². The molecule has 0 aromatic carbocycles. The zero-order valence-electron chi connectivity index (χ0n) is 18.0. The van der Waals surface area contributed by atoms with Gasteiger partial charge >= 0.3 is 0 Å². The lowest BCUT2D eigenvalue weighted by Crippen LogP contribution is -2.39. The predicted molar refractivity (Wildman–Crippen MR) is 117 cm³/mol. The van der Waals surface area contributed by atoms with Gasteiger partial charge in [0.2, 0.25) is 0 Å². The molecule has 0 amide bonds. The van der Waals surface area contributed by atoms with Crippen molar-refractivity contribution in [3.8, 4) is 0 Å². The fraction of sp³-hybridized carbons (Fsp3) is 1.00. The molecule has 0 aliphatic rings. The van der Waals surface area contributed by atoms with Crippen LogP contribution in [0.3, 0.4) is 0 Å². The van der Waals surface area contributed by atoms with E-state index < -0.39 is 0 Å². The van der Waals surface area contributed by atoms with Crippen LogP contribution in [0.1, 0.15) is 110 Å². The van der Waals surface area contributed by atoms with Crippen molar-refractivity contribution in [2.75, 3.05) is 13.1 Å². The van der Waals surface area contributed by atoms with Crippen molar-refractivity contribution in [1.29, 1.82) is 0 Å². The molecule has 3 unspecified atom stereocenters. The van der Waals surface area contributed by atoms with Crippen LogP contribution in [0.2, 0.25) is 0 Å². The first kappa shape index (κ1) is 25.8. The van der Waals surface area contributed by atoms with Gasteiger partial charge in [0, 0.05) is 11.6 Å². The Kier molecular flexibility index (Phi) is 16.9. The molecule has 158 valence electrons. The van der Waals surface area contributed by atoms with Crippen LogP contribution < -0.4 is 22.9 Å². The molecule has 0 spiro atoms. The van der Waals surface area contributed by atoms with Crippen molar-refractivity contribution in [2.24, 2.45) is 28.9 Å². The lowest BCUT2D eigenvalue weighted by atomic mass is 9.83. The maximum Gasteiger partial charge on any atom is 0.0151 e.